The Morgan fingerprint density at radius 3 is 1.22 bits per heavy atom. The largest absolute Gasteiger partial charge is 0.488 e. The van der Waals surface area contributed by atoms with Gasteiger partial charge in [-0.3, -0.25) is 9.97 Å². The molecule has 65 heavy (non-hydrogen) atoms. The van der Waals surface area contributed by atoms with Crippen LogP contribution in [0, 0.1) is 12.1 Å². The molecule has 2 aromatic heterocycles. The van der Waals surface area contributed by atoms with Gasteiger partial charge in [0.1, 0.15) is 0 Å². The second-order valence-corrected chi connectivity index (χ2v) is 17.4. The smallest absolute Gasteiger partial charge is 0.423 e. The molecule has 2 radical (unpaired) electrons. The van der Waals surface area contributed by atoms with Gasteiger partial charge in [-0.2, -0.15) is 0 Å². The van der Waals surface area contributed by atoms with E-state index in [1.54, 1.807) is 24.3 Å². The first-order valence-electron chi connectivity index (χ1n) is 21.3. The van der Waals surface area contributed by atoms with Gasteiger partial charge in [-0.25, -0.2) is 0 Å². The van der Waals surface area contributed by atoms with Crippen LogP contribution in [0.1, 0.15) is 109 Å². The van der Waals surface area contributed by atoms with Crippen molar-refractivity contribution in [1.82, 2.24) is 19.1 Å². The first-order valence-corrected chi connectivity index (χ1v) is 22.1. The topological polar surface area (TPSA) is 76.1 Å². The van der Waals surface area contributed by atoms with Crippen LogP contribution in [-0.2, 0) is 40.2 Å². The third kappa shape index (κ3) is 13.8. The van der Waals surface area contributed by atoms with E-state index in [0.717, 1.165) is 27.2 Å². The Labute approximate surface area is 423 Å². The van der Waals surface area contributed by atoms with Crippen LogP contribution in [0.15, 0.2) is 163 Å². The zero-order valence-electron chi connectivity index (χ0n) is 37.6. The predicted octanol–water partition coefficient (Wildman–Crippen LogP) is 13.6. The van der Waals surface area contributed by atoms with Crippen molar-refractivity contribution >= 4 is 28.5 Å². The van der Waals surface area contributed by atoms with Crippen molar-refractivity contribution in [2.24, 2.45) is 0 Å². The molecule has 6 aromatic carbocycles. The fourth-order valence-electron chi connectivity index (χ4n) is 7.49. The first kappa shape index (κ1) is 54.8. The maximum atomic E-state index is 8.58. The molecule has 0 fully saturated rings. The van der Waals surface area contributed by atoms with Gasteiger partial charge in [0.2, 0.25) is 0 Å². The molecular weight excluding hydrogens is 1220 g/mol. The molecule has 8 aromatic rings. The molecule has 0 unspecified atom stereocenters. The molecule has 0 aliphatic heterocycles. The summed E-state index contributed by atoms with van der Waals surface area (Å²) in [5.74, 6) is 3.49. The number of aromatic nitrogens is 4. The van der Waals surface area contributed by atoms with E-state index in [0.29, 0.717) is 29.1 Å². The minimum atomic E-state index is -1.34. The van der Waals surface area contributed by atoms with Crippen LogP contribution in [0.3, 0.4) is 0 Å². The van der Waals surface area contributed by atoms with Crippen molar-refractivity contribution in [3.63, 3.8) is 0 Å². The van der Waals surface area contributed by atoms with E-state index in [9.17, 15) is 0 Å². The first-order chi connectivity index (χ1) is 29.8. The molecule has 10 heteroatoms. The van der Waals surface area contributed by atoms with E-state index < -0.39 is 7.12 Å². The summed E-state index contributed by atoms with van der Waals surface area (Å²) in [4.78, 5) is 9.28. The predicted molar refractivity (Wildman–Crippen MR) is 268 cm³/mol. The summed E-state index contributed by atoms with van der Waals surface area (Å²) in [6.07, 6.45) is 7.88. The summed E-state index contributed by atoms with van der Waals surface area (Å²) in [5, 5.41) is 17.2. The Morgan fingerprint density at radius 1 is 0.508 bits per heavy atom. The number of benzene rings is 6. The number of imidazole rings is 2. The van der Waals surface area contributed by atoms with Crippen LogP contribution in [0.2, 0.25) is 0 Å². The van der Waals surface area contributed by atoms with Crippen molar-refractivity contribution in [3.05, 3.63) is 197 Å². The number of rotatable bonds is 10. The van der Waals surface area contributed by atoms with Crippen molar-refractivity contribution < 1.29 is 50.3 Å². The van der Waals surface area contributed by atoms with Gasteiger partial charge in [0, 0.05) is 80.8 Å². The molecule has 2 heterocycles. The van der Waals surface area contributed by atoms with E-state index in [4.69, 9.17) is 10.0 Å². The molecule has 0 saturated carbocycles. The zero-order valence-corrected chi connectivity index (χ0v) is 44.0. The van der Waals surface area contributed by atoms with Crippen molar-refractivity contribution in [2.75, 3.05) is 0 Å². The molecule has 2 N–H and O–H groups in total. The second kappa shape index (κ2) is 26.0. The Bertz CT molecular complexity index is 2580. The quantitative estimate of drug-likeness (QED) is 0.106. The van der Waals surface area contributed by atoms with Crippen LogP contribution in [0.25, 0.3) is 45.3 Å². The van der Waals surface area contributed by atoms with Crippen molar-refractivity contribution in [3.8, 4) is 45.3 Å². The van der Waals surface area contributed by atoms with E-state index in [1.165, 1.54) is 44.8 Å². The number of hydrogen-bond donors (Lipinski definition) is 2. The Kier molecular flexibility index (Phi) is 21.9. The van der Waals surface area contributed by atoms with Gasteiger partial charge in [-0.05, 0) is 86.8 Å². The van der Waals surface area contributed by atoms with Crippen LogP contribution < -0.4 is 5.46 Å². The maximum absolute atomic E-state index is 8.58. The van der Waals surface area contributed by atoms with Crippen LogP contribution >= 0.6 is 15.9 Å². The third-order valence-corrected chi connectivity index (χ3v) is 11.1. The van der Waals surface area contributed by atoms with Crippen LogP contribution in [-0.4, -0.2) is 36.3 Å². The number of nitrogens with zero attached hydrogens (tertiary/aromatic N) is 4. The van der Waals surface area contributed by atoms with Gasteiger partial charge >= 0.3 is 7.12 Å². The molecule has 0 aliphatic rings. The Balaban J connectivity index is 0.000000282. The van der Waals surface area contributed by atoms with Crippen molar-refractivity contribution in [1.29, 1.82) is 0 Å². The molecule has 0 spiro atoms. The minimum Gasteiger partial charge on any atom is -0.423 e. The average molecular weight is 1280 g/mol. The molecular formula is C55H60BBrIr2N4O2-2. The summed E-state index contributed by atoms with van der Waals surface area (Å²) in [6, 6.07) is 51.1. The van der Waals surface area contributed by atoms with E-state index in [2.05, 4.69) is 182 Å². The summed E-state index contributed by atoms with van der Waals surface area (Å²) in [7, 11) is -1.34. The molecule has 0 saturated heterocycles. The fourth-order valence-corrected chi connectivity index (χ4v) is 7.99. The van der Waals surface area contributed by atoms with Crippen molar-refractivity contribution in [2.45, 2.75) is 86.5 Å². The van der Waals surface area contributed by atoms with Gasteiger partial charge in [0.15, 0.2) is 0 Å². The van der Waals surface area contributed by atoms with Gasteiger partial charge in [-0.1, -0.05) is 139 Å². The molecule has 0 amide bonds. The third-order valence-electron chi connectivity index (χ3n) is 10.7. The number of hydrogen-bond acceptors (Lipinski definition) is 4. The van der Waals surface area contributed by atoms with Gasteiger partial charge < -0.3 is 19.2 Å². The Morgan fingerprint density at radius 2 is 0.877 bits per heavy atom. The Hall–Kier alpha value is -4.50. The van der Waals surface area contributed by atoms with Crippen LogP contribution in [0.5, 0.6) is 0 Å². The van der Waals surface area contributed by atoms with Gasteiger partial charge in [0.05, 0.1) is 11.6 Å². The fraction of sp³-hybridized carbons (Fsp3) is 0.236. The molecule has 8 rings (SSSR count). The SMILES string of the molecule is C.CC(C)c1cc(-c2ccccc2)cc(C(C)C)c1-n1ccnc1-c1[c-]cccc1.CC(C)c1cc(Br)cc(C(C)C)c1-n1ccnc1-c1[c-]cccc1.OB(O)c1ccccc1.[Ir].[Ir]. The summed E-state index contributed by atoms with van der Waals surface area (Å²) in [6.45, 7) is 18.0. The minimum absolute atomic E-state index is 0. The van der Waals surface area contributed by atoms with E-state index in [1.807, 2.05) is 54.9 Å². The standard InChI is InChI=1S/C27H27N2.C21H22BrN2.C6H7BO2.CH4.2Ir/c1-19(2)24-17-23(21-11-7-5-8-12-21)18-25(20(3)4)26(24)29-16-15-28-27(29)22-13-9-6-10-14-22;1-14(2)18-12-17(22)13-19(15(3)4)20(18)24-11-10-23-21(24)16-8-6-5-7-9-16;8-7(9)6-4-2-1-3-5-6;;;/h5-13,15-20H,1-4H3;5-8,10-15H,1-4H3;1-5,8-9H;1H4;;/q2*-1;;;;. The molecule has 0 atom stereocenters. The summed E-state index contributed by atoms with van der Waals surface area (Å²) < 4.78 is 5.58. The van der Waals surface area contributed by atoms with E-state index in [-0.39, 0.29) is 47.6 Å². The molecule has 0 aliphatic carbocycles. The molecule has 6 nitrogen and oxygen atoms in total. The van der Waals surface area contributed by atoms with Gasteiger partial charge in [-0.15, -0.1) is 71.8 Å². The zero-order chi connectivity index (χ0) is 44.3. The molecule has 342 valence electrons. The van der Waals surface area contributed by atoms with E-state index >= 15 is 0 Å². The average Bonchev–Trinajstić information content (AvgIpc) is 3.98. The molecule has 0 bridgehead atoms. The maximum Gasteiger partial charge on any atom is 0.488 e. The van der Waals surface area contributed by atoms with Crippen LogP contribution in [0.4, 0.5) is 0 Å². The monoisotopic (exact) mass is 1280 g/mol. The second-order valence-electron chi connectivity index (χ2n) is 16.5. The van der Waals surface area contributed by atoms with Gasteiger partial charge in [0.25, 0.3) is 0 Å². The normalized spacial score (nSPS) is 10.6. The summed E-state index contributed by atoms with van der Waals surface area (Å²) >= 11 is 3.68. The summed E-state index contributed by atoms with van der Waals surface area (Å²) in [5.41, 5.74) is 12.9. The number of halogens is 1.